The Balaban J connectivity index is 1.69. The van der Waals surface area contributed by atoms with Crippen molar-refractivity contribution in [1.82, 2.24) is 5.06 Å². The average molecular weight is 331 g/mol. The molecule has 1 atom stereocenters. The molecular formula is C17H17NO6. The molecule has 2 rings (SSSR count). The Kier molecular flexibility index (Phi) is 5.93. The highest BCUT2D eigenvalue weighted by Crippen LogP contribution is 2.13. The van der Waals surface area contributed by atoms with Gasteiger partial charge < -0.3 is 14.3 Å². The lowest BCUT2D eigenvalue weighted by atomic mass is 10.2. The zero-order valence-electron chi connectivity index (χ0n) is 13.2. The molecule has 0 radical (unpaired) electrons. The average Bonchev–Trinajstić information content (AvgIpc) is 2.91. The molecule has 1 aliphatic rings. The van der Waals surface area contributed by atoms with Crippen molar-refractivity contribution < 1.29 is 28.7 Å². The van der Waals surface area contributed by atoms with Crippen molar-refractivity contribution in [3.8, 4) is 18.1 Å². The van der Waals surface area contributed by atoms with Gasteiger partial charge in [0.2, 0.25) is 0 Å². The van der Waals surface area contributed by atoms with Gasteiger partial charge in [-0.1, -0.05) is 5.92 Å². The van der Waals surface area contributed by atoms with Crippen LogP contribution in [0.15, 0.2) is 24.3 Å². The molecule has 0 saturated carbocycles. The van der Waals surface area contributed by atoms with Crippen LogP contribution >= 0.6 is 0 Å². The van der Waals surface area contributed by atoms with E-state index in [4.69, 9.17) is 20.7 Å². The Labute approximate surface area is 139 Å². The molecule has 1 aromatic rings. The van der Waals surface area contributed by atoms with E-state index in [9.17, 15) is 14.4 Å². The van der Waals surface area contributed by atoms with Crippen LogP contribution in [0.1, 0.15) is 25.3 Å². The number of nitrogens with zero attached hydrogens (tertiary/aromatic N) is 1. The van der Waals surface area contributed by atoms with E-state index in [0.29, 0.717) is 10.8 Å². The topological polar surface area (TPSA) is 82.1 Å². The lowest BCUT2D eigenvalue weighted by molar-refractivity contribution is -0.204. The first kappa shape index (κ1) is 17.5. The van der Waals surface area contributed by atoms with Crippen molar-refractivity contribution in [2.24, 2.45) is 0 Å². The molecule has 0 N–H and O–H groups in total. The van der Waals surface area contributed by atoms with Crippen LogP contribution in [0, 0.1) is 12.3 Å². The summed E-state index contributed by atoms with van der Waals surface area (Å²) in [5.74, 6) is 1.26. The first-order chi connectivity index (χ1) is 11.5. The van der Waals surface area contributed by atoms with E-state index in [-0.39, 0.29) is 26.1 Å². The van der Waals surface area contributed by atoms with Gasteiger partial charge in [0.15, 0.2) is 6.10 Å². The van der Waals surface area contributed by atoms with Crippen molar-refractivity contribution in [3.63, 3.8) is 0 Å². The summed E-state index contributed by atoms with van der Waals surface area (Å²) in [6.07, 6.45) is 4.43. The number of terminal acetylenes is 1. The van der Waals surface area contributed by atoms with Gasteiger partial charge in [-0.3, -0.25) is 9.59 Å². The summed E-state index contributed by atoms with van der Waals surface area (Å²) >= 11 is 0. The monoisotopic (exact) mass is 331 g/mol. The highest BCUT2D eigenvalue weighted by molar-refractivity contribution is 6.01. The van der Waals surface area contributed by atoms with Crippen LogP contribution in [0.2, 0.25) is 0 Å². The van der Waals surface area contributed by atoms with Gasteiger partial charge in [0.25, 0.3) is 11.8 Å². The third-order valence-electron chi connectivity index (χ3n) is 3.26. The maximum absolute atomic E-state index is 11.8. The maximum Gasteiger partial charge on any atom is 0.361 e. The summed E-state index contributed by atoms with van der Waals surface area (Å²) in [5.41, 5.74) is 0.751. The number of carbonyl (C=O) groups excluding carboxylic acids is 3. The Hall–Kier alpha value is -2.85. The molecule has 1 unspecified atom stereocenters. The molecule has 7 nitrogen and oxygen atoms in total. The van der Waals surface area contributed by atoms with Crippen LogP contribution in [-0.4, -0.2) is 42.2 Å². The van der Waals surface area contributed by atoms with Gasteiger partial charge in [-0.05, 0) is 31.2 Å². The van der Waals surface area contributed by atoms with Crippen LogP contribution in [0.25, 0.3) is 0 Å². The number of imide groups is 1. The molecule has 126 valence electrons. The summed E-state index contributed by atoms with van der Waals surface area (Å²) < 4.78 is 10.7. The van der Waals surface area contributed by atoms with Crippen LogP contribution in [0.4, 0.5) is 0 Å². The van der Waals surface area contributed by atoms with Gasteiger partial charge in [0.1, 0.15) is 12.4 Å². The molecular weight excluding hydrogens is 314 g/mol. The molecule has 1 heterocycles. The van der Waals surface area contributed by atoms with Crippen LogP contribution in [-0.2, 0) is 24.0 Å². The van der Waals surface area contributed by atoms with E-state index in [1.54, 1.807) is 24.3 Å². The zero-order chi connectivity index (χ0) is 17.5. The second kappa shape index (κ2) is 8.13. The molecule has 0 spiro atoms. The van der Waals surface area contributed by atoms with Crippen molar-refractivity contribution in [3.05, 3.63) is 29.8 Å². The third-order valence-corrected chi connectivity index (χ3v) is 3.26. The number of hydrogen-bond acceptors (Lipinski definition) is 6. The predicted molar refractivity (Wildman–Crippen MR) is 82.5 cm³/mol. The highest BCUT2D eigenvalue weighted by atomic mass is 16.7. The molecule has 1 fully saturated rings. The van der Waals surface area contributed by atoms with Gasteiger partial charge in [0, 0.05) is 18.4 Å². The fourth-order valence-electron chi connectivity index (χ4n) is 1.92. The lowest BCUT2D eigenvalue weighted by Gasteiger charge is -2.16. The Morgan fingerprint density at radius 2 is 1.83 bits per heavy atom. The van der Waals surface area contributed by atoms with Crippen LogP contribution in [0.3, 0.4) is 0 Å². The first-order valence-electron chi connectivity index (χ1n) is 7.40. The third kappa shape index (κ3) is 4.57. The van der Waals surface area contributed by atoms with Gasteiger partial charge in [-0.25, -0.2) is 4.79 Å². The summed E-state index contributed by atoms with van der Waals surface area (Å²) in [6.45, 7) is 1.82. The number of amides is 2. The number of hydroxylamine groups is 2. The molecule has 7 heteroatoms. The first-order valence-corrected chi connectivity index (χ1v) is 7.40. The lowest BCUT2D eigenvalue weighted by Crippen LogP contribution is -2.36. The van der Waals surface area contributed by atoms with Crippen LogP contribution in [0.5, 0.6) is 5.75 Å². The van der Waals surface area contributed by atoms with Crippen molar-refractivity contribution >= 4 is 17.8 Å². The van der Waals surface area contributed by atoms with Gasteiger partial charge in [0.05, 0.1) is 6.61 Å². The maximum atomic E-state index is 11.8. The number of ether oxygens (including phenoxy) is 2. The SMILES string of the molecule is C#Cc1ccc(OCCOC(C)C(=O)ON2C(=O)CCC2=O)cc1. The summed E-state index contributed by atoms with van der Waals surface area (Å²) in [5, 5.41) is 0.492. The predicted octanol–water partition coefficient (Wildman–Crippen LogP) is 1.06. The Bertz CT molecular complexity index is 645. The van der Waals surface area contributed by atoms with Crippen molar-refractivity contribution in [1.29, 1.82) is 0 Å². The summed E-state index contributed by atoms with van der Waals surface area (Å²) in [7, 11) is 0. The standard InChI is InChI=1S/C17H17NO6/c1-3-13-4-6-14(7-5-13)23-11-10-22-12(2)17(21)24-18-15(19)8-9-16(18)20/h1,4-7,12H,8-11H2,2H3. The minimum absolute atomic E-state index is 0.0493. The van der Waals surface area contributed by atoms with E-state index in [1.165, 1.54) is 6.92 Å². The molecule has 2 amide bonds. The van der Waals surface area contributed by atoms with E-state index in [0.717, 1.165) is 5.56 Å². The minimum atomic E-state index is -0.932. The molecule has 0 bridgehead atoms. The number of carbonyl (C=O) groups is 3. The molecule has 0 aliphatic carbocycles. The number of hydrogen-bond donors (Lipinski definition) is 0. The summed E-state index contributed by atoms with van der Waals surface area (Å²) in [4.78, 5) is 39.2. The fourth-order valence-corrected chi connectivity index (χ4v) is 1.92. The number of rotatable bonds is 7. The second-order valence-corrected chi connectivity index (χ2v) is 5.02. The molecule has 1 aromatic carbocycles. The normalized spacial score (nSPS) is 15.1. The second-order valence-electron chi connectivity index (χ2n) is 5.02. The number of benzene rings is 1. The van der Waals surface area contributed by atoms with E-state index in [2.05, 4.69) is 5.92 Å². The van der Waals surface area contributed by atoms with E-state index < -0.39 is 23.9 Å². The largest absolute Gasteiger partial charge is 0.491 e. The highest BCUT2D eigenvalue weighted by Gasteiger charge is 2.34. The summed E-state index contributed by atoms with van der Waals surface area (Å²) in [6, 6.07) is 6.97. The molecule has 0 aromatic heterocycles. The van der Waals surface area contributed by atoms with Crippen LogP contribution < -0.4 is 4.74 Å². The quantitative estimate of drug-likeness (QED) is 0.422. The molecule has 1 aliphatic heterocycles. The van der Waals surface area contributed by atoms with E-state index >= 15 is 0 Å². The Morgan fingerprint density at radius 3 is 2.42 bits per heavy atom. The Morgan fingerprint density at radius 1 is 1.21 bits per heavy atom. The van der Waals surface area contributed by atoms with Crippen molar-refractivity contribution in [2.45, 2.75) is 25.9 Å². The van der Waals surface area contributed by atoms with Gasteiger partial charge in [-0.15, -0.1) is 11.5 Å². The molecule has 24 heavy (non-hydrogen) atoms. The smallest absolute Gasteiger partial charge is 0.361 e. The van der Waals surface area contributed by atoms with Gasteiger partial charge >= 0.3 is 5.97 Å². The van der Waals surface area contributed by atoms with Crippen molar-refractivity contribution in [2.75, 3.05) is 13.2 Å². The molecule has 1 saturated heterocycles. The minimum Gasteiger partial charge on any atom is -0.491 e. The zero-order valence-corrected chi connectivity index (χ0v) is 13.2. The fraction of sp³-hybridized carbons (Fsp3) is 0.353. The van der Waals surface area contributed by atoms with Gasteiger partial charge in [-0.2, -0.15) is 0 Å². The van der Waals surface area contributed by atoms with E-state index in [1.807, 2.05) is 0 Å².